The number of allylic oxidation sites excluding steroid dienone is 3. The van der Waals surface area contributed by atoms with Crippen LogP contribution in [0, 0.1) is 0 Å². The summed E-state index contributed by atoms with van der Waals surface area (Å²) in [6.07, 6.45) is 7.66. The predicted octanol–water partition coefficient (Wildman–Crippen LogP) is 3.31. The van der Waals surface area contributed by atoms with Crippen LogP contribution in [0.25, 0.3) is 0 Å². The Morgan fingerprint density at radius 1 is 1.56 bits per heavy atom. The smallest absolute Gasteiger partial charge is 0.0286 e. The first-order chi connectivity index (χ1) is 4.35. The summed E-state index contributed by atoms with van der Waals surface area (Å²) < 4.78 is 0. The minimum Gasteiger partial charge on any atom is -0.103 e. The zero-order valence-corrected chi connectivity index (χ0v) is 6.48. The van der Waals surface area contributed by atoms with Gasteiger partial charge in [-0.15, -0.1) is 6.58 Å². The first-order valence-corrected chi connectivity index (χ1v) is 3.60. The lowest BCUT2D eigenvalue weighted by Gasteiger charge is -1.98. The molecule has 0 aromatic heterocycles. The normalized spacial score (nSPS) is 11.6. The van der Waals surface area contributed by atoms with Gasteiger partial charge in [0.05, 0.1) is 0 Å². The molecule has 0 unspecified atom stereocenters. The van der Waals surface area contributed by atoms with Gasteiger partial charge in [-0.25, -0.2) is 0 Å². The molecule has 0 spiro atoms. The molecule has 0 radical (unpaired) electrons. The second kappa shape index (κ2) is 5.61. The van der Waals surface area contributed by atoms with E-state index in [1.807, 2.05) is 6.08 Å². The lowest BCUT2D eigenvalue weighted by Crippen LogP contribution is -1.77. The number of hydrogen-bond acceptors (Lipinski definition) is 0. The van der Waals surface area contributed by atoms with Crippen molar-refractivity contribution in [3.05, 3.63) is 24.3 Å². The van der Waals surface area contributed by atoms with Gasteiger partial charge in [-0.1, -0.05) is 24.6 Å². The largest absolute Gasteiger partial charge is 0.103 e. The highest BCUT2D eigenvalue weighted by Crippen LogP contribution is 2.08. The Morgan fingerprint density at radius 2 is 2.22 bits per heavy atom. The van der Waals surface area contributed by atoms with Crippen LogP contribution in [0.2, 0.25) is 0 Å². The van der Waals surface area contributed by atoms with Crippen molar-refractivity contribution in [2.24, 2.45) is 0 Å². The lowest BCUT2D eigenvalue weighted by molar-refractivity contribution is 0.906. The van der Waals surface area contributed by atoms with Crippen molar-refractivity contribution in [3.8, 4) is 0 Å². The van der Waals surface area contributed by atoms with Crippen molar-refractivity contribution in [3.63, 3.8) is 0 Å². The Kier molecular flexibility index (Phi) is 5.29. The van der Waals surface area contributed by atoms with Crippen LogP contribution in [0.5, 0.6) is 0 Å². The van der Waals surface area contributed by atoms with Crippen molar-refractivity contribution < 1.29 is 0 Å². The second-order valence-electron chi connectivity index (χ2n) is 2.13. The van der Waals surface area contributed by atoms with E-state index in [0.29, 0.717) is 0 Å². The van der Waals surface area contributed by atoms with Gasteiger partial charge in [0.25, 0.3) is 0 Å². The molecule has 0 amide bonds. The van der Waals surface area contributed by atoms with Gasteiger partial charge in [0.1, 0.15) is 0 Å². The molecule has 0 aliphatic rings. The fourth-order valence-corrected chi connectivity index (χ4v) is 0.813. The first kappa shape index (κ1) is 8.48. The first-order valence-electron chi connectivity index (χ1n) is 3.60. The molecular weight excluding hydrogens is 108 g/mol. The fraction of sp³-hybridized carbons (Fsp3) is 0.556. The summed E-state index contributed by atoms with van der Waals surface area (Å²) in [5, 5.41) is 0. The SMILES string of the molecule is C=CCCC(=CC)CC. The quantitative estimate of drug-likeness (QED) is 0.504. The standard InChI is InChI=1S/C9H16/c1-4-7-8-9(5-2)6-3/h4-5H,1,6-8H2,2-3H3. The maximum atomic E-state index is 3.67. The average molecular weight is 124 g/mol. The Bertz CT molecular complexity index is 98.6. The van der Waals surface area contributed by atoms with Crippen LogP contribution in [0.1, 0.15) is 33.1 Å². The van der Waals surface area contributed by atoms with E-state index in [1.165, 1.54) is 18.4 Å². The maximum absolute atomic E-state index is 3.67. The molecule has 0 atom stereocenters. The summed E-state index contributed by atoms with van der Waals surface area (Å²) in [4.78, 5) is 0. The third-order valence-electron chi connectivity index (χ3n) is 1.53. The van der Waals surface area contributed by atoms with E-state index in [-0.39, 0.29) is 0 Å². The Labute approximate surface area is 58.3 Å². The molecule has 0 fully saturated rings. The summed E-state index contributed by atoms with van der Waals surface area (Å²) in [5.41, 5.74) is 1.54. The van der Waals surface area contributed by atoms with Crippen molar-refractivity contribution in [1.29, 1.82) is 0 Å². The van der Waals surface area contributed by atoms with Gasteiger partial charge in [0.15, 0.2) is 0 Å². The predicted molar refractivity (Wildman–Crippen MR) is 43.5 cm³/mol. The maximum Gasteiger partial charge on any atom is -0.0286 e. The van der Waals surface area contributed by atoms with E-state index in [9.17, 15) is 0 Å². The highest BCUT2D eigenvalue weighted by atomic mass is 13.9. The summed E-state index contributed by atoms with van der Waals surface area (Å²) in [6, 6.07) is 0. The van der Waals surface area contributed by atoms with Gasteiger partial charge in [0, 0.05) is 0 Å². The average Bonchev–Trinajstić information content (AvgIpc) is 1.91. The highest BCUT2D eigenvalue weighted by molar-refractivity contribution is 5.00. The van der Waals surface area contributed by atoms with Crippen LogP contribution in [0.4, 0.5) is 0 Å². The molecule has 0 saturated heterocycles. The minimum absolute atomic E-state index is 1.12. The van der Waals surface area contributed by atoms with Crippen LogP contribution >= 0.6 is 0 Å². The fourth-order valence-electron chi connectivity index (χ4n) is 0.813. The third-order valence-corrected chi connectivity index (χ3v) is 1.53. The summed E-state index contributed by atoms with van der Waals surface area (Å²) in [6.45, 7) is 7.97. The van der Waals surface area contributed by atoms with E-state index >= 15 is 0 Å². The van der Waals surface area contributed by atoms with E-state index in [1.54, 1.807) is 0 Å². The van der Waals surface area contributed by atoms with E-state index in [4.69, 9.17) is 0 Å². The van der Waals surface area contributed by atoms with Crippen molar-refractivity contribution in [2.75, 3.05) is 0 Å². The molecule has 0 N–H and O–H groups in total. The van der Waals surface area contributed by atoms with Crippen molar-refractivity contribution in [1.82, 2.24) is 0 Å². The van der Waals surface area contributed by atoms with Gasteiger partial charge >= 0.3 is 0 Å². The molecule has 52 valence electrons. The molecule has 0 bridgehead atoms. The number of hydrogen-bond donors (Lipinski definition) is 0. The Balaban J connectivity index is 3.44. The monoisotopic (exact) mass is 124 g/mol. The van der Waals surface area contributed by atoms with Crippen molar-refractivity contribution >= 4 is 0 Å². The van der Waals surface area contributed by atoms with E-state index < -0.39 is 0 Å². The van der Waals surface area contributed by atoms with Crippen LogP contribution in [-0.4, -0.2) is 0 Å². The topological polar surface area (TPSA) is 0 Å². The second-order valence-corrected chi connectivity index (χ2v) is 2.13. The minimum atomic E-state index is 1.12. The molecule has 0 heterocycles. The lowest BCUT2D eigenvalue weighted by atomic mass is 10.1. The summed E-state index contributed by atoms with van der Waals surface area (Å²) >= 11 is 0. The van der Waals surface area contributed by atoms with Crippen LogP contribution in [0.3, 0.4) is 0 Å². The molecule has 0 aliphatic heterocycles. The van der Waals surface area contributed by atoms with Gasteiger partial charge in [-0.2, -0.15) is 0 Å². The Hall–Kier alpha value is -0.520. The zero-order chi connectivity index (χ0) is 7.11. The van der Waals surface area contributed by atoms with E-state index in [2.05, 4.69) is 26.5 Å². The van der Waals surface area contributed by atoms with Crippen molar-refractivity contribution in [2.45, 2.75) is 33.1 Å². The van der Waals surface area contributed by atoms with Gasteiger partial charge < -0.3 is 0 Å². The van der Waals surface area contributed by atoms with Gasteiger partial charge in [-0.3, -0.25) is 0 Å². The van der Waals surface area contributed by atoms with Crippen LogP contribution in [0.15, 0.2) is 24.3 Å². The highest BCUT2D eigenvalue weighted by Gasteiger charge is 1.87. The van der Waals surface area contributed by atoms with Gasteiger partial charge in [-0.05, 0) is 26.2 Å². The molecule has 0 heteroatoms. The van der Waals surface area contributed by atoms with Gasteiger partial charge in [0.2, 0.25) is 0 Å². The molecule has 0 aromatic rings. The Morgan fingerprint density at radius 3 is 2.56 bits per heavy atom. The van der Waals surface area contributed by atoms with Crippen LogP contribution in [-0.2, 0) is 0 Å². The summed E-state index contributed by atoms with van der Waals surface area (Å²) in [7, 11) is 0. The molecule has 0 aromatic carbocycles. The van der Waals surface area contributed by atoms with Crippen LogP contribution < -0.4 is 0 Å². The van der Waals surface area contributed by atoms with E-state index in [0.717, 1.165) is 6.42 Å². The third kappa shape index (κ3) is 4.01. The molecule has 0 aliphatic carbocycles. The molecule has 9 heavy (non-hydrogen) atoms. The molecule has 0 saturated carbocycles. The zero-order valence-electron chi connectivity index (χ0n) is 6.48. The number of rotatable bonds is 4. The molecular formula is C9H16. The summed E-state index contributed by atoms with van der Waals surface area (Å²) in [5.74, 6) is 0. The molecule has 0 nitrogen and oxygen atoms in total. The molecule has 0 rings (SSSR count).